The van der Waals surface area contributed by atoms with Gasteiger partial charge in [-0.15, -0.1) is 0 Å². The van der Waals surface area contributed by atoms with Crippen LogP contribution in [0.25, 0.3) is 99.0 Å². The molecule has 2 nitrogen and oxygen atoms in total. The molecule has 0 radical (unpaired) electrons. The molecule has 0 fully saturated rings. The largest absolute Gasteiger partial charge is 0.464 e. The van der Waals surface area contributed by atoms with E-state index in [-0.39, 0.29) is 0 Å². The summed E-state index contributed by atoms with van der Waals surface area (Å²) in [7, 11) is 0. The molecule has 0 N–H and O–H groups in total. The van der Waals surface area contributed by atoms with Gasteiger partial charge in [0.25, 0.3) is 0 Å². The van der Waals surface area contributed by atoms with Crippen molar-refractivity contribution in [2.75, 3.05) is 0 Å². The molecular weight excluding hydrogens is 585 g/mol. The monoisotopic (exact) mass is 612 g/mol. The first-order valence-corrected chi connectivity index (χ1v) is 16.3. The highest BCUT2D eigenvalue weighted by Crippen LogP contribution is 2.46. The molecule has 0 aliphatic rings. The van der Waals surface area contributed by atoms with Crippen LogP contribution in [0.4, 0.5) is 0 Å². The van der Waals surface area contributed by atoms with E-state index in [0.29, 0.717) is 0 Å². The zero-order valence-electron chi connectivity index (χ0n) is 26.0. The van der Waals surface area contributed by atoms with Gasteiger partial charge in [-0.3, -0.25) is 0 Å². The predicted octanol–water partition coefficient (Wildman–Crippen LogP) is 13.3. The van der Waals surface area contributed by atoms with E-state index in [1.807, 2.05) is 12.3 Å². The first-order chi connectivity index (χ1) is 23.8. The quantitative estimate of drug-likeness (QED) is 0.185. The lowest BCUT2D eigenvalue weighted by Crippen LogP contribution is -1.91. The second-order valence-electron chi connectivity index (χ2n) is 12.4. The van der Waals surface area contributed by atoms with Crippen LogP contribution in [0, 0.1) is 0 Å². The Morgan fingerprint density at radius 3 is 1.48 bits per heavy atom. The SMILES string of the molecule is c1ccc(-c2ccc(-c3c4ccccc4c(-c4ccc5oc6c(ccc7occ(-c8ccccc8)c76)c5c4)c4ccccc34)cc2)cc1. The van der Waals surface area contributed by atoms with E-state index < -0.39 is 0 Å². The van der Waals surface area contributed by atoms with E-state index in [1.54, 1.807) is 0 Å². The fraction of sp³-hybridized carbons (Fsp3) is 0. The van der Waals surface area contributed by atoms with E-state index in [2.05, 4.69) is 158 Å². The molecule has 10 aromatic rings. The highest BCUT2D eigenvalue weighted by Gasteiger charge is 2.20. The van der Waals surface area contributed by atoms with Crippen LogP contribution in [0.5, 0.6) is 0 Å². The first-order valence-electron chi connectivity index (χ1n) is 16.3. The van der Waals surface area contributed by atoms with Crippen LogP contribution in [0.1, 0.15) is 0 Å². The molecule has 224 valence electrons. The molecular formula is C46H28O2. The summed E-state index contributed by atoms with van der Waals surface area (Å²) in [5.74, 6) is 0. The van der Waals surface area contributed by atoms with Gasteiger partial charge < -0.3 is 8.83 Å². The minimum absolute atomic E-state index is 0.824. The van der Waals surface area contributed by atoms with Crippen LogP contribution in [0.15, 0.2) is 179 Å². The van der Waals surface area contributed by atoms with Gasteiger partial charge in [0, 0.05) is 16.3 Å². The summed E-state index contributed by atoms with van der Waals surface area (Å²) in [6.45, 7) is 0. The Morgan fingerprint density at radius 1 is 0.333 bits per heavy atom. The summed E-state index contributed by atoms with van der Waals surface area (Å²) in [5.41, 5.74) is 12.0. The van der Waals surface area contributed by atoms with Gasteiger partial charge in [0.05, 0.1) is 11.6 Å². The van der Waals surface area contributed by atoms with Crippen molar-refractivity contribution in [2.45, 2.75) is 0 Å². The zero-order chi connectivity index (χ0) is 31.6. The zero-order valence-corrected chi connectivity index (χ0v) is 26.0. The van der Waals surface area contributed by atoms with Gasteiger partial charge >= 0.3 is 0 Å². The maximum atomic E-state index is 6.61. The lowest BCUT2D eigenvalue weighted by Gasteiger charge is -2.18. The molecule has 0 saturated heterocycles. The second-order valence-corrected chi connectivity index (χ2v) is 12.4. The first kappa shape index (κ1) is 26.8. The number of rotatable bonds is 4. The summed E-state index contributed by atoms with van der Waals surface area (Å²) < 4.78 is 12.6. The Kier molecular flexibility index (Phi) is 5.91. The number of fused-ring (bicyclic) bond motifs is 7. The van der Waals surface area contributed by atoms with Gasteiger partial charge in [-0.1, -0.05) is 140 Å². The standard InChI is InChI=1S/C46H28O2/c1-3-11-29(12-4-1)30-19-21-32(22-20-30)43-34-15-7-9-17-36(34)44(37-18-10-8-16-35(37)43)33-23-25-41-39(27-33)38-24-26-42-45(46(38)48-41)40(28-47-42)31-13-5-2-6-14-31/h1-28H. The summed E-state index contributed by atoms with van der Waals surface area (Å²) in [6.07, 6.45) is 1.84. The van der Waals surface area contributed by atoms with Crippen molar-refractivity contribution in [3.05, 3.63) is 170 Å². The van der Waals surface area contributed by atoms with Crippen LogP contribution < -0.4 is 0 Å². The Hall–Kier alpha value is -6.38. The second kappa shape index (κ2) is 10.6. The molecule has 2 heterocycles. The molecule has 2 aromatic heterocycles. The van der Waals surface area contributed by atoms with Crippen molar-refractivity contribution in [3.63, 3.8) is 0 Å². The summed E-state index contributed by atoms with van der Waals surface area (Å²) in [6, 6.07) is 58.4. The predicted molar refractivity (Wildman–Crippen MR) is 200 cm³/mol. The molecule has 8 aromatic carbocycles. The Morgan fingerprint density at radius 2 is 0.833 bits per heavy atom. The number of benzene rings is 8. The fourth-order valence-electron chi connectivity index (χ4n) is 7.55. The molecule has 10 rings (SSSR count). The topological polar surface area (TPSA) is 26.3 Å². The van der Waals surface area contributed by atoms with Crippen molar-refractivity contribution in [1.82, 2.24) is 0 Å². The summed E-state index contributed by atoms with van der Waals surface area (Å²) >= 11 is 0. The minimum atomic E-state index is 0.824. The van der Waals surface area contributed by atoms with E-state index in [4.69, 9.17) is 8.83 Å². The average Bonchev–Trinajstić information content (AvgIpc) is 3.76. The van der Waals surface area contributed by atoms with Gasteiger partial charge in [0.15, 0.2) is 0 Å². The van der Waals surface area contributed by atoms with Crippen LogP contribution in [0.2, 0.25) is 0 Å². The highest BCUT2D eigenvalue weighted by molar-refractivity contribution is 6.23. The van der Waals surface area contributed by atoms with Gasteiger partial charge in [-0.05, 0) is 84.8 Å². The average molecular weight is 613 g/mol. The highest BCUT2D eigenvalue weighted by atomic mass is 16.3. The smallest absolute Gasteiger partial charge is 0.147 e. The van der Waals surface area contributed by atoms with Crippen molar-refractivity contribution < 1.29 is 8.83 Å². The maximum absolute atomic E-state index is 6.61. The third-order valence-electron chi connectivity index (χ3n) is 9.76. The third kappa shape index (κ3) is 4.06. The number of hydrogen-bond donors (Lipinski definition) is 0. The Labute approximate surface area is 277 Å². The van der Waals surface area contributed by atoms with Crippen LogP contribution >= 0.6 is 0 Å². The van der Waals surface area contributed by atoms with E-state index in [9.17, 15) is 0 Å². The van der Waals surface area contributed by atoms with Gasteiger partial charge in [0.1, 0.15) is 16.7 Å². The number of furan rings is 2. The lowest BCUT2D eigenvalue weighted by atomic mass is 9.85. The van der Waals surface area contributed by atoms with Crippen LogP contribution in [0.3, 0.4) is 0 Å². The normalized spacial score (nSPS) is 11.8. The molecule has 0 saturated carbocycles. The van der Waals surface area contributed by atoms with E-state index in [1.165, 1.54) is 54.9 Å². The van der Waals surface area contributed by atoms with Crippen molar-refractivity contribution >= 4 is 54.5 Å². The summed E-state index contributed by atoms with van der Waals surface area (Å²) in [5, 5.41) is 8.13. The Balaban J connectivity index is 1.19. The molecule has 0 bridgehead atoms. The van der Waals surface area contributed by atoms with Gasteiger partial charge in [-0.25, -0.2) is 0 Å². The number of hydrogen-bond acceptors (Lipinski definition) is 2. The molecule has 48 heavy (non-hydrogen) atoms. The third-order valence-corrected chi connectivity index (χ3v) is 9.76. The van der Waals surface area contributed by atoms with Crippen molar-refractivity contribution in [3.8, 4) is 44.5 Å². The van der Waals surface area contributed by atoms with E-state index in [0.717, 1.165) is 44.0 Å². The Bertz CT molecular complexity index is 2750. The maximum Gasteiger partial charge on any atom is 0.147 e. The molecule has 0 unspecified atom stereocenters. The van der Waals surface area contributed by atoms with Crippen LogP contribution in [-0.2, 0) is 0 Å². The summed E-state index contributed by atoms with van der Waals surface area (Å²) in [4.78, 5) is 0. The molecule has 2 heteroatoms. The molecule has 0 atom stereocenters. The minimum Gasteiger partial charge on any atom is -0.464 e. The molecule has 0 aliphatic carbocycles. The van der Waals surface area contributed by atoms with Gasteiger partial charge in [0.2, 0.25) is 0 Å². The lowest BCUT2D eigenvalue weighted by molar-refractivity contribution is 0.616. The van der Waals surface area contributed by atoms with Crippen molar-refractivity contribution in [1.29, 1.82) is 0 Å². The van der Waals surface area contributed by atoms with Gasteiger partial charge in [-0.2, -0.15) is 0 Å². The molecule has 0 amide bonds. The van der Waals surface area contributed by atoms with Crippen LogP contribution in [-0.4, -0.2) is 0 Å². The van der Waals surface area contributed by atoms with E-state index >= 15 is 0 Å². The molecule has 0 aliphatic heterocycles. The fourth-order valence-corrected chi connectivity index (χ4v) is 7.55. The van der Waals surface area contributed by atoms with Crippen molar-refractivity contribution in [2.24, 2.45) is 0 Å². The molecule has 0 spiro atoms.